The Kier molecular flexibility index (Phi) is 5.89. The summed E-state index contributed by atoms with van der Waals surface area (Å²) in [7, 11) is 1.58. The molecule has 0 aliphatic rings. The van der Waals surface area contributed by atoms with Gasteiger partial charge in [-0.3, -0.25) is 4.79 Å². The van der Waals surface area contributed by atoms with Crippen LogP contribution in [0.4, 0.5) is 5.69 Å². The molecule has 0 aliphatic carbocycles. The number of benzene rings is 3. The highest BCUT2D eigenvalue weighted by atomic mass is 16.5. The van der Waals surface area contributed by atoms with Gasteiger partial charge in [-0.15, -0.1) is 0 Å². The maximum absolute atomic E-state index is 12.5. The molecule has 0 fully saturated rings. The lowest BCUT2D eigenvalue weighted by Gasteiger charge is -2.09. The third kappa shape index (κ3) is 5.05. The summed E-state index contributed by atoms with van der Waals surface area (Å²) in [6, 6.07) is 23.7. The average molecular weight is 411 g/mol. The summed E-state index contributed by atoms with van der Waals surface area (Å²) >= 11 is 0. The van der Waals surface area contributed by atoms with Gasteiger partial charge in [-0.2, -0.15) is 4.98 Å². The highest BCUT2D eigenvalue weighted by molar-refractivity contribution is 6.04. The van der Waals surface area contributed by atoms with Crippen LogP contribution in [0.1, 0.15) is 15.9 Å². The molecular formula is C25H21N3O3. The van der Waals surface area contributed by atoms with Gasteiger partial charge in [-0.25, -0.2) is 4.98 Å². The van der Waals surface area contributed by atoms with E-state index in [4.69, 9.17) is 9.47 Å². The highest BCUT2D eigenvalue weighted by Crippen LogP contribution is 2.24. The standard InChI is InChI=1S/C25H21N3O3/c1-17-5-3-6-19(15-17)24-26-14-13-23(28-24)31-21-11-9-18(10-12-21)25(29)27-20-7-4-8-22(16-20)30-2/h3-16H,1-2H3,(H,27,29). The zero-order valence-electron chi connectivity index (χ0n) is 17.2. The summed E-state index contributed by atoms with van der Waals surface area (Å²) in [4.78, 5) is 21.3. The van der Waals surface area contributed by atoms with Gasteiger partial charge in [0.2, 0.25) is 5.88 Å². The van der Waals surface area contributed by atoms with Crippen molar-refractivity contribution in [2.75, 3.05) is 12.4 Å². The quantitative estimate of drug-likeness (QED) is 0.453. The van der Waals surface area contributed by atoms with Crippen molar-refractivity contribution in [2.45, 2.75) is 6.92 Å². The van der Waals surface area contributed by atoms with Crippen LogP contribution in [0.15, 0.2) is 85.1 Å². The van der Waals surface area contributed by atoms with E-state index in [-0.39, 0.29) is 5.91 Å². The van der Waals surface area contributed by atoms with Crippen molar-refractivity contribution in [1.29, 1.82) is 0 Å². The molecule has 0 saturated heterocycles. The molecule has 6 heteroatoms. The van der Waals surface area contributed by atoms with E-state index in [2.05, 4.69) is 15.3 Å². The molecule has 6 nitrogen and oxygen atoms in total. The highest BCUT2D eigenvalue weighted by Gasteiger charge is 2.09. The Bertz CT molecular complexity index is 1210. The second-order valence-corrected chi connectivity index (χ2v) is 6.90. The molecular weight excluding hydrogens is 390 g/mol. The Balaban J connectivity index is 1.45. The van der Waals surface area contributed by atoms with Gasteiger partial charge >= 0.3 is 0 Å². The molecule has 3 aromatic carbocycles. The predicted molar refractivity (Wildman–Crippen MR) is 120 cm³/mol. The molecule has 1 aromatic heterocycles. The van der Waals surface area contributed by atoms with Crippen molar-refractivity contribution in [3.8, 4) is 28.8 Å². The van der Waals surface area contributed by atoms with Crippen LogP contribution in [0, 0.1) is 6.92 Å². The Morgan fingerprint density at radius 3 is 2.48 bits per heavy atom. The molecule has 0 saturated carbocycles. The fourth-order valence-corrected chi connectivity index (χ4v) is 3.02. The molecule has 0 radical (unpaired) electrons. The van der Waals surface area contributed by atoms with Crippen LogP contribution in [0.25, 0.3) is 11.4 Å². The van der Waals surface area contributed by atoms with E-state index in [0.717, 1.165) is 11.1 Å². The first kappa shape index (κ1) is 20.1. The van der Waals surface area contributed by atoms with Gasteiger partial charge < -0.3 is 14.8 Å². The van der Waals surface area contributed by atoms with Gasteiger partial charge in [0.15, 0.2) is 5.82 Å². The average Bonchev–Trinajstić information content (AvgIpc) is 2.80. The van der Waals surface area contributed by atoms with Gasteiger partial charge in [0.25, 0.3) is 5.91 Å². The largest absolute Gasteiger partial charge is 0.497 e. The lowest BCUT2D eigenvalue weighted by molar-refractivity contribution is 0.102. The van der Waals surface area contributed by atoms with Gasteiger partial charge in [-0.1, -0.05) is 29.8 Å². The number of anilines is 1. The zero-order valence-corrected chi connectivity index (χ0v) is 17.2. The van der Waals surface area contributed by atoms with Crippen LogP contribution in [0.5, 0.6) is 17.4 Å². The molecule has 4 aromatic rings. The molecule has 0 atom stereocenters. The number of amides is 1. The van der Waals surface area contributed by atoms with E-state index in [1.54, 1.807) is 55.8 Å². The minimum atomic E-state index is -0.219. The van der Waals surface area contributed by atoms with Crippen molar-refractivity contribution >= 4 is 11.6 Å². The van der Waals surface area contributed by atoms with E-state index in [9.17, 15) is 4.79 Å². The number of aromatic nitrogens is 2. The smallest absolute Gasteiger partial charge is 0.255 e. The third-order valence-corrected chi connectivity index (χ3v) is 4.57. The Morgan fingerprint density at radius 2 is 1.71 bits per heavy atom. The lowest BCUT2D eigenvalue weighted by atomic mass is 10.1. The molecule has 1 amide bonds. The van der Waals surface area contributed by atoms with E-state index in [1.165, 1.54) is 0 Å². The van der Waals surface area contributed by atoms with Crippen molar-refractivity contribution in [1.82, 2.24) is 9.97 Å². The Morgan fingerprint density at radius 1 is 0.903 bits per heavy atom. The normalized spacial score (nSPS) is 10.4. The summed E-state index contributed by atoms with van der Waals surface area (Å²) < 4.78 is 11.0. The van der Waals surface area contributed by atoms with Crippen molar-refractivity contribution < 1.29 is 14.3 Å². The van der Waals surface area contributed by atoms with Crippen LogP contribution >= 0.6 is 0 Å². The van der Waals surface area contributed by atoms with Crippen molar-refractivity contribution in [3.05, 3.63) is 96.2 Å². The summed E-state index contributed by atoms with van der Waals surface area (Å²) in [6.07, 6.45) is 1.66. The summed E-state index contributed by atoms with van der Waals surface area (Å²) in [5, 5.41) is 2.85. The molecule has 0 bridgehead atoms. The molecule has 31 heavy (non-hydrogen) atoms. The van der Waals surface area contributed by atoms with Crippen molar-refractivity contribution in [2.24, 2.45) is 0 Å². The van der Waals surface area contributed by atoms with Crippen molar-refractivity contribution in [3.63, 3.8) is 0 Å². The number of ether oxygens (including phenoxy) is 2. The number of rotatable bonds is 6. The fourth-order valence-electron chi connectivity index (χ4n) is 3.02. The molecule has 0 aliphatic heterocycles. The molecule has 0 unspecified atom stereocenters. The molecule has 1 heterocycles. The van der Waals surface area contributed by atoms with E-state index < -0.39 is 0 Å². The summed E-state index contributed by atoms with van der Waals surface area (Å²) in [5.41, 5.74) is 3.23. The van der Waals surface area contributed by atoms with Gasteiger partial charge in [0, 0.05) is 35.1 Å². The van der Waals surface area contributed by atoms with Crippen LogP contribution < -0.4 is 14.8 Å². The minimum Gasteiger partial charge on any atom is -0.497 e. The van der Waals surface area contributed by atoms with Gasteiger partial charge in [-0.05, 0) is 49.4 Å². The number of aryl methyl sites for hydroxylation is 1. The third-order valence-electron chi connectivity index (χ3n) is 4.57. The number of carbonyl (C=O) groups is 1. The van der Waals surface area contributed by atoms with E-state index in [1.807, 2.05) is 43.3 Å². The number of nitrogens with zero attached hydrogens (tertiary/aromatic N) is 2. The summed E-state index contributed by atoms with van der Waals surface area (Å²) in [6.45, 7) is 2.02. The monoisotopic (exact) mass is 411 g/mol. The number of nitrogens with one attached hydrogen (secondary N) is 1. The Hall–Kier alpha value is -4.19. The van der Waals surface area contributed by atoms with Gasteiger partial charge in [0.05, 0.1) is 7.11 Å². The zero-order chi connectivity index (χ0) is 21.6. The molecule has 1 N–H and O–H groups in total. The first-order valence-electron chi connectivity index (χ1n) is 9.74. The van der Waals surface area contributed by atoms with Crippen LogP contribution in [0.2, 0.25) is 0 Å². The second kappa shape index (κ2) is 9.09. The molecule has 0 spiro atoms. The Labute approximate surface area is 180 Å². The summed E-state index contributed by atoms with van der Waals surface area (Å²) in [5.74, 6) is 2.06. The first-order valence-corrected chi connectivity index (χ1v) is 9.74. The maximum Gasteiger partial charge on any atom is 0.255 e. The topological polar surface area (TPSA) is 73.3 Å². The number of hydrogen-bond donors (Lipinski definition) is 1. The lowest BCUT2D eigenvalue weighted by Crippen LogP contribution is -2.11. The predicted octanol–water partition coefficient (Wildman–Crippen LogP) is 5.51. The van der Waals surface area contributed by atoms with Gasteiger partial charge in [0.1, 0.15) is 11.5 Å². The van der Waals surface area contributed by atoms with Crippen LogP contribution in [-0.4, -0.2) is 23.0 Å². The fraction of sp³-hybridized carbons (Fsp3) is 0.0800. The number of methoxy groups -OCH3 is 1. The van der Waals surface area contributed by atoms with E-state index >= 15 is 0 Å². The number of carbonyl (C=O) groups excluding carboxylic acids is 1. The minimum absolute atomic E-state index is 0.219. The number of hydrogen-bond acceptors (Lipinski definition) is 5. The molecule has 154 valence electrons. The maximum atomic E-state index is 12.5. The van der Waals surface area contributed by atoms with Crippen LogP contribution in [0.3, 0.4) is 0 Å². The first-order chi connectivity index (χ1) is 15.1. The molecule has 4 rings (SSSR count). The van der Waals surface area contributed by atoms with Crippen LogP contribution in [-0.2, 0) is 0 Å². The second-order valence-electron chi connectivity index (χ2n) is 6.90. The van der Waals surface area contributed by atoms with E-state index in [0.29, 0.717) is 34.5 Å². The SMILES string of the molecule is COc1cccc(NC(=O)c2ccc(Oc3ccnc(-c4cccc(C)c4)n3)cc2)c1.